The molecule has 2 aromatic rings. The number of anilines is 1. The van der Waals surface area contributed by atoms with Gasteiger partial charge in [-0.25, -0.2) is 4.98 Å². The Bertz CT molecular complexity index is 647. The Hall–Kier alpha value is -1.99. The molecule has 0 aliphatic carbocycles. The minimum atomic E-state index is -0.0195. The summed E-state index contributed by atoms with van der Waals surface area (Å²) in [5, 5.41) is 5.51. The van der Waals surface area contributed by atoms with Crippen LogP contribution in [0.15, 0.2) is 29.8 Å². The zero-order valence-electron chi connectivity index (χ0n) is 13.1. The molecule has 1 atom stereocenters. The zero-order valence-corrected chi connectivity index (χ0v) is 13.9. The van der Waals surface area contributed by atoms with E-state index in [1.165, 1.54) is 11.3 Å². The molecule has 23 heavy (non-hydrogen) atoms. The van der Waals surface area contributed by atoms with Gasteiger partial charge in [-0.2, -0.15) is 0 Å². The molecule has 2 aromatic heterocycles. The van der Waals surface area contributed by atoms with E-state index in [4.69, 9.17) is 4.74 Å². The van der Waals surface area contributed by atoms with Crippen molar-refractivity contribution >= 4 is 22.4 Å². The number of nitrogens with one attached hydrogen (secondary N) is 1. The predicted molar refractivity (Wildman–Crippen MR) is 89.6 cm³/mol. The molecule has 0 radical (unpaired) electrons. The van der Waals surface area contributed by atoms with Gasteiger partial charge >= 0.3 is 0 Å². The van der Waals surface area contributed by atoms with E-state index in [2.05, 4.69) is 15.3 Å². The molecule has 1 aliphatic rings. The second-order valence-electron chi connectivity index (χ2n) is 5.44. The molecule has 1 unspecified atom stereocenters. The van der Waals surface area contributed by atoms with Crippen LogP contribution in [0.25, 0.3) is 0 Å². The third kappa shape index (κ3) is 4.05. The number of aromatic nitrogens is 2. The van der Waals surface area contributed by atoms with Crippen molar-refractivity contribution < 1.29 is 9.53 Å². The number of likely N-dealkylation sites (tertiary alicyclic amines) is 1. The van der Waals surface area contributed by atoms with Crippen LogP contribution in [0.2, 0.25) is 0 Å². The highest BCUT2D eigenvalue weighted by molar-refractivity contribution is 7.13. The first kappa shape index (κ1) is 15.9. The first-order valence-corrected chi connectivity index (χ1v) is 8.58. The minimum Gasteiger partial charge on any atom is -0.370 e. The van der Waals surface area contributed by atoms with Crippen molar-refractivity contribution in [3.05, 3.63) is 41.2 Å². The highest BCUT2D eigenvalue weighted by atomic mass is 32.1. The molecule has 0 spiro atoms. The summed E-state index contributed by atoms with van der Waals surface area (Å²) in [7, 11) is 1.80. The molecule has 6 nitrogen and oxygen atoms in total. The van der Waals surface area contributed by atoms with Crippen LogP contribution in [0.1, 0.15) is 29.0 Å². The standard InChI is InChI=1S/C16H20N4O2S/c1-17-16-19-14(11-23-16)15(21)20-8-4-6-13(9-20)22-10-12-5-2-3-7-18-12/h2-3,5,7,11,13H,4,6,8-10H2,1H3,(H,17,19). The number of nitrogens with zero attached hydrogens (tertiary/aromatic N) is 3. The van der Waals surface area contributed by atoms with E-state index < -0.39 is 0 Å². The SMILES string of the molecule is CNc1nc(C(=O)N2CCCC(OCc3ccccn3)C2)cs1. The fourth-order valence-corrected chi connectivity index (χ4v) is 3.24. The summed E-state index contributed by atoms with van der Waals surface area (Å²) >= 11 is 1.44. The van der Waals surface area contributed by atoms with E-state index in [-0.39, 0.29) is 12.0 Å². The Kier molecular flexibility index (Phi) is 5.19. The van der Waals surface area contributed by atoms with Crippen LogP contribution in [0.5, 0.6) is 0 Å². The van der Waals surface area contributed by atoms with Crippen LogP contribution in [-0.4, -0.2) is 47.0 Å². The third-order valence-corrected chi connectivity index (χ3v) is 4.66. The summed E-state index contributed by atoms with van der Waals surface area (Å²) < 4.78 is 5.93. The van der Waals surface area contributed by atoms with Gasteiger partial charge in [0.05, 0.1) is 18.4 Å². The molecule has 3 rings (SSSR count). The average molecular weight is 332 g/mol. The Balaban J connectivity index is 1.56. The molecule has 1 N–H and O–H groups in total. The first-order chi connectivity index (χ1) is 11.3. The van der Waals surface area contributed by atoms with Crippen molar-refractivity contribution in [1.82, 2.24) is 14.9 Å². The Morgan fingerprint density at radius 2 is 2.43 bits per heavy atom. The van der Waals surface area contributed by atoms with Crippen LogP contribution in [0.3, 0.4) is 0 Å². The largest absolute Gasteiger partial charge is 0.370 e. The molecule has 1 aliphatic heterocycles. The van der Waals surface area contributed by atoms with Crippen LogP contribution >= 0.6 is 11.3 Å². The monoisotopic (exact) mass is 332 g/mol. The van der Waals surface area contributed by atoms with Gasteiger partial charge in [0.2, 0.25) is 0 Å². The van der Waals surface area contributed by atoms with E-state index in [1.54, 1.807) is 18.6 Å². The van der Waals surface area contributed by atoms with Crippen molar-refractivity contribution in [2.24, 2.45) is 0 Å². The van der Waals surface area contributed by atoms with Crippen LogP contribution in [0, 0.1) is 0 Å². The summed E-state index contributed by atoms with van der Waals surface area (Å²) in [5.74, 6) is -0.0195. The fourth-order valence-electron chi connectivity index (χ4n) is 2.59. The molecule has 122 valence electrons. The summed E-state index contributed by atoms with van der Waals surface area (Å²) in [5.41, 5.74) is 1.42. The first-order valence-electron chi connectivity index (χ1n) is 7.70. The van der Waals surface area contributed by atoms with Crippen molar-refractivity contribution in [3.63, 3.8) is 0 Å². The minimum absolute atomic E-state index is 0.0195. The van der Waals surface area contributed by atoms with Crippen molar-refractivity contribution in [2.75, 3.05) is 25.5 Å². The summed E-state index contributed by atoms with van der Waals surface area (Å²) in [6, 6.07) is 5.78. The van der Waals surface area contributed by atoms with Gasteiger partial charge in [0, 0.05) is 31.7 Å². The van der Waals surface area contributed by atoms with Crippen molar-refractivity contribution in [1.29, 1.82) is 0 Å². The maximum Gasteiger partial charge on any atom is 0.273 e. The quantitative estimate of drug-likeness (QED) is 0.911. The zero-order chi connectivity index (χ0) is 16.1. The molecule has 0 aromatic carbocycles. The molecule has 3 heterocycles. The van der Waals surface area contributed by atoms with Crippen molar-refractivity contribution in [2.45, 2.75) is 25.6 Å². The molecule has 7 heteroatoms. The molecule has 1 saturated heterocycles. The smallest absolute Gasteiger partial charge is 0.273 e. The number of ether oxygens (including phenoxy) is 1. The number of rotatable bonds is 5. The maximum absolute atomic E-state index is 12.5. The van der Waals surface area contributed by atoms with Crippen LogP contribution < -0.4 is 5.32 Å². The summed E-state index contributed by atoms with van der Waals surface area (Å²) in [4.78, 5) is 22.9. The molecular weight excluding hydrogens is 312 g/mol. The lowest BCUT2D eigenvalue weighted by atomic mass is 10.1. The molecule has 0 saturated carbocycles. The molecule has 1 fully saturated rings. The highest BCUT2D eigenvalue weighted by Crippen LogP contribution is 2.20. The average Bonchev–Trinajstić information content (AvgIpc) is 3.10. The number of carbonyl (C=O) groups excluding carboxylic acids is 1. The van der Waals surface area contributed by atoms with E-state index >= 15 is 0 Å². The van der Waals surface area contributed by atoms with Gasteiger partial charge in [0.25, 0.3) is 5.91 Å². The van der Waals surface area contributed by atoms with Gasteiger partial charge < -0.3 is 15.0 Å². The number of pyridine rings is 1. The fraction of sp³-hybridized carbons (Fsp3) is 0.438. The number of hydrogen-bond donors (Lipinski definition) is 1. The van der Waals surface area contributed by atoms with E-state index in [0.717, 1.165) is 30.2 Å². The highest BCUT2D eigenvalue weighted by Gasteiger charge is 2.26. The maximum atomic E-state index is 12.5. The van der Waals surface area contributed by atoms with Gasteiger partial charge in [-0.05, 0) is 25.0 Å². The second-order valence-corrected chi connectivity index (χ2v) is 6.29. The Labute approximate surface area is 139 Å². The third-order valence-electron chi connectivity index (χ3n) is 3.80. The molecule has 0 bridgehead atoms. The lowest BCUT2D eigenvalue weighted by molar-refractivity contribution is -0.00798. The number of piperidine rings is 1. The van der Waals surface area contributed by atoms with Gasteiger partial charge in [-0.3, -0.25) is 9.78 Å². The Morgan fingerprint density at radius 3 is 3.17 bits per heavy atom. The van der Waals surface area contributed by atoms with Crippen molar-refractivity contribution in [3.8, 4) is 0 Å². The Morgan fingerprint density at radius 1 is 1.52 bits per heavy atom. The van der Waals surface area contributed by atoms with Gasteiger partial charge in [-0.1, -0.05) is 6.07 Å². The molecular formula is C16H20N4O2S. The predicted octanol–water partition coefficient (Wildman–Crippen LogP) is 2.40. The van der Waals surface area contributed by atoms with E-state index in [1.807, 2.05) is 23.1 Å². The number of thiazole rings is 1. The van der Waals surface area contributed by atoms with Gasteiger partial charge in [0.1, 0.15) is 5.69 Å². The lowest BCUT2D eigenvalue weighted by Crippen LogP contribution is -2.43. The lowest BCUT2D eigenvalue weighted by Gasteiger charge is -2.32. The van der Waals surface area contributed by atoms with Gasteiger partial charge in [-0.15, -0.1) is 11.3 Å². The number of amides is 1. The summed E-state index contributed by atoms with van der Waals surface area (Å²) in [6.45, 7) is 1.85. The number of hydrogen-bond acceptors (Lipinski definition) is 6. The topological polar surface area (TPSA) is 67.4 Å². The van der Waals surface area contributed by atoms with E-state index in [9.17, 15) is 4.79 Å². The van der Waals surface area contributed by atoms with Gasteiger partial charge in [0.15, 0.2) is 5.13 Å². The normalized spacial score (nSPS) is 18.0. The second kappa shape index (κ2) is 7.52. The molecule has 1 amide bonds. The van der Waals surface area contributed by atoms with E-state index in [0.29, 0.717) is 18.8 Å². The van der Waals surface area contributed by atoms with Crippen LogP contribution in [0.4, 0.5) is 5.13 Å². The number of carbonyl (C=O) groups is 1. The van der Waals surface area contributed by atoms with Crippen LogP contribution in [-0.2, 0) is 11.3 Å². The summed E-state index contributed by atoms with van der Waals surface area (Å²) in [6.07, 6.45) is 3.73.